The number of anilines is 1. The molecule has 1 unspecified atom stereocenters. The molecule has 0 fully saturated rings. The fourth-order valence-electron chi connectivity index (χ4n) is 1.59. The van der Waals surface area contributed by atoms with Gasteiger partial charge in [-0.05, 0) is 27.7 Å². The molecule has 0 aliphatic rings. The van der Waals surface area contributed by atoms with E-state index in [0.717, 1.165) is 0 Å². The number of ether oxygens (including phenoxy) is 1. The summed E-state index contributed by atoms with van der Waals surface area (Å²) in [7, 11) is -4.16. The third kappa shape index (κ3) is 7.04. The van der Waals surface area contributed by atoms with Crippen LogP contribution in [0.25, 0.3) is 11.2 Å². The van der Waals surface area contributed by atoms with Crippen LogP contribution in [-0.2, 0) is 20.6 Å². The minimum atomic E-state index is -4.16. The lowest BCUT2D eigenvalue weighted by molar-refractivity contribution is -0.145. The summed E-state index contributed by atoms with van der Waals surface area (Å²) < 4.78 is 17.5. The Balaban J connectivity index is 0.000000412. The molecule has 0 radical (unpaired) electrons. The van der Waals surface area contributed by atoms with Crippen molar-refractivity contribution in [1.82, 2.24) is 19.5 Å². The summed E-state index contributed by atoms with van der Waals surface area (Å²) in [6, 6.07) is 0. The number of nitrogens with two attached hydrogens (primary N) is 1. The SMILES string of the molecule is CC(C)(C)C(=O)O.CC(Cn1cnc2c(N)ncnc21)OCP(=O)(O)O. The van der Waals surface area contributed by atoms with E-state index in [-0.39, 0.29) is 5.82 Å². The lowest BCUT2D eigenvalue weighted by Gasteiger charge is -2.14. The summed E-state index contributed by atoms with van der Waals surface area (Å²) in [5.74, 6) is -0.472. The molecule has 1 atom stereocenters. The van der Waals surface area contributed by atoms with Crippen LogP contribution in [0.15, 0.2) is 12.7 Å². The first-order valence-electron chi connectivity index (χ1n) is 7.62. The number of rotatable bonds is 5. The zero-order valence-electron chi connectivity index (χ0n) is 15.0. The number of imidazole rings is 1. The van der Waals surface area contributed by atoms with Crippen LogP contribution in [0, 0.1) is 5.41 Å². The molecular formula is C14H24N5O6P. The zero-order valence-corrected chi connectivity index (χ0v) is 15.9. The van der Waals surface area contributed by atoms with Gasteiger partial charge in [-0.25, -0.2) is 15.0 Å². The van der Waals surface area contributed by atoms with Gasteiger partial charge in [0.15, 0.2) is 11.5 Å². The van der Waals surface area contributed by atoms with Crippen LogP contribution < -0.4 is 5.73 Å². The highest BCUT2D eigenvalue weighted by atomic mass is 31.2. The van der Waals surface area contributed by atoms with E-state index in [1.807, 2.05) is 0 Å². The number of carbonyl (C=O) groups is 1. The molecule has 0 spiro atoms. The minimum absolute atomic E-state index is 0.285. The maximum atomic E-state index is 10.7. The first-order valence-corrected chi connectivity index (χ1v) is 9.42. The molecule has 0 bridgehead atoms. The van der Waals surface area contributed by atoms with Gasteiger partial charge in [0.25, 0.3) is 0 Å². The average Bonchev–Trinajstić information content (AvgIpc) is 2.89. The van der Waals surface area contributed by atoms with E-state index >= 15 is 0 Å². The van der Waals surface area contributed by atoms with Crippen molar-refractivity contribution in [3.05, 3.63) is 12.7 Å². The van der Waals surface area contributed by atoms with Crippen molar-refractivity contribution in [1.29, 1.82) is 0 Å². The number of hydrogen-bond donors (Lipinski definition) is 4. The van der Waals surface area contributed by atoms with Crippen molar-refractivity contribution in [3.63, 3.8) is 0 Å². The van der Waals surface area contributed by atoms with Crippen molar-refractivity contribution in [2.45, 2.75) is 40.3 Å². The van der Waals surface area contributed by atoms with Crippen molar-refractivity contribution < 1.29 is 29.0 Å². The molecule has 0 aromatic carbocycles. The molecule has 2 aromatic rings. The van der Waals surface area contributed by atoms with Crippen LogP contribution in [0.5, 0.6) is 0 Å². The Morgan fingerprint density at radius 3 is 2.42 bits per heavy atom. The largest absolute Gasteiger partial charge is 0.481 e. The topological polar surface area (TPSA) is 174 Å². The molecular weight excluding hydrogens is 365 g/mol. The lowest BCUT2D eigenvalue weighted by atomic mass is 9.98. The van der Waals surface area contributed by atoms with Gasteiger partial charge >= 0.3 is 13.6 Å². The van der Waals surface area contributed by atoms with Gasteiger partial charge in [-0.3, -0.25) is 9.36 Å². The molecule has 0 amide bonds. The first-order chi connectivity index (χ1) is 11.8. The molecule has 2 aromatic heterocycles. The Hall–Kier alpha value is -2.07. The monoisotopic (exact) mass is 389 g/mol. The summed E-state index contributed by atoms with van der Waals surface area (Å²) in [6.07, 6.45) is 1.85. The van der Waals surface area contributed by atoms with Crippen molar-refractivity contribution in [2.75, 3.05) is 12.1 Å². The number of aromatic nitrogens is 4. The summed E-state index contributed by atoms with van der Waals surface area (Å²) in [4.78, 5) is 39.5. The van der Waals surface area contributed by atoms with E-state index in [4.69, 9.17) is 25.4 Å². The molecule has 2 heterocycles. The molecule has 5 N–H and O–H groups in total. The highest BCUT2D eigenvalue weighted by Crippen LogP contribution is 2.34. The van der Waals surface area contributed by atoms with Gasteiger partial charge in [-0.2, -0.15) is 0 Å². The summed E-state index contributed by atoms with van der Waals surface area (Å²) in [5, 5.41) is 8.25. The van der Waals surface area contributed by atoms with Gasteiger partial charge in [0.1, 0.15) is 18.2 Å². The number of nitrogen functional groups attached to an aromatic ring is 1. The van der Waals surface area contributed by atoms with E-state index in [2.05, 4.69) is 15.0 Å². The Morgan fingerprint density at radius 1 is 1.35 bits per heavy atom. The maximum Gasteiger partial charge on any atom is 0.350 e. The van der Waals surface area contributed by atoms with Crippen molar-refractivity contribution in [3.8, 4) is 0 Å². The first kappa shape index (κ1) is 22.0. The van der Waals surface area contributed by atoms with Gasteiger partial charge in [-0.1, -0.05) is 0 Å². The molecule has 2 rings (SSSR count). The summed E-state index contributed by atoms with van der Waals surface area (Å²) >= 11 is 0. The van der Waals surface area contributed by atoms with Crippen molar-refractivity contribution >= 4 is 30.5 Å². The summed E-state index contributed by atoms with van der Waals surface area (Å²) in [5.41, 5.74) is 6.12. The van der Waals surface area contributed by atoms with E-state index in [0.29, 0.717) is 17.7 Å². The maximum absolute atomic E-state index is 10.7. The Morgan fingerprint density at radius 2 is 1.92 bits per heavy atom. The molecule has 12 heteroatoms. The van der Waals surface area contributed by atoms with Crippen LogP contribution in [0.4, 0.5) is 5.82 Å². The number of nitrogens with zero attached hydrogens (tertiary/aromatic N) is 4. The van der Waals surface area contributed by atoms with Gasteiger partial charge < -0.3 is 29.9 Å². The van der Waals surface area contributed by atoms with E-state index < -0.39 is 31.4 Å². The number of fused-ring (bicyclic) bond motifs is 1. The van der Waals surface area contributed by atoms with Crippen LogP contribution in [0.1, 0.15) is 27.7 Å². The molecule has 26 heavy (non-hydrogen) atoms. The Labute approximate surface area is 150 Å². The molecule has 0 aliphatic carbocycles. The van der Waals surface area contributed by atoms with Gasteiger partial charge in [-0.15, -0.1) is 0 Å². The molecule has 0 saturated carbocycles. The number of aliphatic carboxylic acids is 1. The van der Waals surface area contributed by atoms with Gasteiger partial charge in [0, 0.05) is 0 Å². The lowest BCUT2D eigenvalue weighted by Crippen LogP contribution is -2.18. The number of carboxylic acid groups (broad SMARTS) is 1. The van der Waals surface area contributed by atoms with Crippen LogP contribution in [0.2, 0.25) is 0 Å². The highest BCUT2D eigenvalue weighted by molar-refractivity contribution is 7.51. The van der Waals surface area contributed by atoms with E-state index in [1.54, 1.807) is 32.3 Å². The smallest absolute Gasteiger partial charge is 0.350 e. The zero-order chi connectivity index (χ0) is 20.1. The molecule has 0 aliphatic heterocycles. The fraction of sp³-hybridized carbons (Fsp3) is 0.571. The van der Waals surface area contributed by atoms with Gasteiger partial charge in [0.05, 0.1) is 24.4 Å². The second-order valence-electron chi connectivity index (χ2n) is 6.65. The quantitative estimate of drug-likeness (QED) is 0.541. The van der Waals surface area contributed by atoms with Crippen LogP contribution >= 0.6 is 7.60 Å². The molecule has 0 saturated heterocycles. The van der Waals surface area contributed by atoms with E-state index in [9.17, 15) is 9.36 Å². The predicted molar refractivity (Wildman–Crippen MR) is 94.3 cm³/mol. The fourth-order valence-corrected chi connectivity index (χ4v) is 2.04. The third-order valence-corrected chi connectivity index (χ3v) is 3.54. The minimum Gasteiger partial charge on any atom is -0.481 e. The Kier molecular flexibility index (Phi) is 7.22. The Bertz CT molecular complexity index is 797. The molecule has 146 valence electrons. The van der Waals surface area contributed by atoms with Crippen LogP contribution in [-0.4, -0.2) is 52.8 Å². The normalized spacial score (nSPS) is 13.2. The second kappa shape index (κ2) is 8.54. The highest BCUT2D eigenvalue weighted by Gasteiger charge is 2.19. The second-order valence-corrected chi connectivity index (χ2v) is 8.24. The van der Waals surface area contributed by atoms with E-state index in [1.165, 1.54) is 12.7 Å². The number of hydrogen-bond acceptors (Lipinski definition) is 7. The van der Waals surface area contributed by atoms with Crippen LogP contribution in [0.3, 0.4) is 0 Å². The third-order valence-electron chi connectivity index (χ3n) is 3.05. The van der Waals surface area contributed by atoms with Gasteiger partial charge in [0.2, 0.25) is 0 Å². The van der Waals surface area contributed by atoms with Crippen molar-refractivity contribution in [2.24, 2.45) is 5.41 Å². The summed E-state index contributed by atoms with van der Waals surface area (Å²) in [6.45, 7) is 7.04. The number of carboxylic acids is 1. The standard InChI is InChI=1S/C9H14N5O4P.C5H10O2/c1-6(18-5-19(15,16)17)2-14-4-13-7-8(10)11-3-12-9(7)14;1-5(2,3)4(6)7/h3-4,6H,2,5H2,1H3,(H2,10,11,12)(H2,15,16,17);1-3H3,(H,6,7). The molecule has 11 nitrogen and oxygen atoms in total. The average molecular weight is 389 g/mol. The predicted octanol–water partition coefficient (Wildman–Crippen LogP) is 1.07.